The zero-order valence-corrected chi connectivity index (χ0v) is 18.7. The van der Waals surface area contributed by atoms with Crippen LogP contribution >= 0.6 is 0 Å². The third kappa shape index (κ3) is 5.84. The Morgan fingerprint density at radius 3 is 2.32 bits per heavy atom. The summed E-state index contributed by atoms with van der Waals surface area (Å²) in [6.45, 7) is 0.533. The number of rotatable bonds is 8. The second-order valence-corrected chi connectivity index (χ2v) is 7.95. The Morgan fingerprint density at radius 1 is 0.971 bits per heavy atom. The number of imidazole rings is 1. The van der Waals surface area contributed by atoms with Crippen molar-refractivity contribution in [3.05, 3.63) is 125 Å². The SMILES string of the molecule is COC(=O)c1cc(/C=C(/Cn2ccnc2)c2ccc(F)cc2)ccc1CCc1ccc(F)cc1. The lowest BCUT2D eigenvalue weighted by atomic mass is 9.96. The fraction of sp³-hybridized carbons (Fsp3) is 0.143. The van der Waals surface area contributed by atoms with Crippen LogP contribution in [-0.2, 0) is 24.1 Å². The molecule has 34 heavy (non-hydrogen) atoms. The Hall–Kier alpha value is -4.06. The summed E-state index contributed by atoms with van der Waals surface area (Å²) < 4.78 is 33.6. The summed E-state index contributed by atoms with van der Waals surface area (Å²) in [6.07, 6.45) is 8.53. The molecule has 4 nitrogen and oxygen atoms in total. The van der Waals surface area contributed by atoms with Gasteiger partial charge in [-0.2, -0.15) is 0 Å². The van der Waals surface area contributed by atoms with Gasteiger partial charge in [0.05, 0.1) is 19.0 Å². The van der Waals surface area contributed by atoms with E-state index in [0.717, 1.165) is 27.8 Å². The zero-order valence-electron chi connectivity index (χ0n) is 18.7. The molecule has 0 fully saturated rings. The molecule has 1 aromatic heterocycles. The van der Waals surface area contributed by atoms with Gasteiger partial charge in [-0.1, -0.05) is 36.4 Å². The number of aromatic nitrogens is 2. The van der Waals surface area contributed by atoms with E-state index in [1.165, 1.54) is 31.4 Å². The molecule has 0 saturated heterocycles. The Bertz CT molecular complexity index is 1280. The molecule has 0 amide bonds. The number of nitrogens with zero attached hydrogens (tertiary/aromatic N) is 2. The second-order valence-electron chi connectivity index (χ2n) is 7.95. The van der Waals surface area contributed by atoms with Crippen LogP contribution in [0.4, 0.5) is 8.78 Å². The molecule has 0 spiro atoms. The van der Waals surface area contributed by atoms with Gasteiger partial charge in [0, 0.05) is 18.9 Å². The lowest BCUT2D eigenvalue weighted by Gasteiger charge is -2.12. The van der Waals surface area contributed by atoms with Crippen molar-refractivity contribution in [2.24, 2.45) is 0 Å². The molecule has 0 atom stereocenters. The first kappa shape index (κ1) is 23.1. The molecule has 0 bridgehead atoms. The molecular formula is C28H24F2N2O2. The molecule has 172 valence electrons. The van der Waals surface area contributed by atoms with Crippen LogP contribution in [0.15, 0.2) is 85.5 Å². The number of hydrogen-bond donors (Lipinski definition) is 0. The summed E-state index contributed by atoms with van der Waals surface area (Å²) in [5.74, 6) is -0.991. The number of aryl methyl sites for hydroxylation is 2. The average molecular weight is 459 g/mol. The normalized spacial score (nSPS) is 11.4. The number of benzene rings is 3. The fourth-order valence-corrected chi connectivity index (χ4v) is 3.79. The van der Waals surface area contributed by atoms with Crippen LogP contribution in [0.1, 0.15) is 32.6 Å². The quantitative estimate of drug-likeness (QED) is 0.241. The molecule has 0 aliphatic carbocycles. The van der Waals surface area contributed by atoms with Gasteiger partial charge >= 0.3 is 5.97 Å². The van der Waals surface area contributed by atoms with E-state index in [1.807, 2.05) is 35.0 Å². The number of methoxy groups -OCH3 is 1. The Morgan fingerprint density at radius 2 is 1.68 bits per heavy atom. The Kier molecular flexibility index (Phi) is 7.28. The summed E-state index contributed by atoms with van der Waals surface area (Å²) in [6, 6.07) is 18.3. The second kappa shape index (κ2) is 10.7. The van der Waals surface area contributed by atoms with Crippen LogP contribution in [0.5, 0.6) is 0 Å². The predicted octanol–water partition coefficient (Wildman–Crippen LogP) is 5.97. The number of carbonyl (C=O) groups excluding carboxylic acids is 1. The van der Waals surface area contributed by atoms with Crippen LogP contribution in [0.25, 0.3) is 11.6 Å². The summed E-state index contributed by atoms with van der Waals surface area (Å²) in [4.78, 5) is 16.6. The van der Waals surface area contributed by atoms with Crippen molar-refractivity contribution >= 4 is 17.6 Å². The standard InChI is InChI=1S/C28H24F2N2O2/c1-34-28(33)27-17-21(3-7-23(27)6-2-20-4-10-25(29)11-5-20)16-24(18-32-15-14-31-19-32)22-8-12-26(30)13-9-22/h3-5,7-17,19H,2,6,18H2,1H3/b24-16-. The minimum absolute atomic E-state index is 0.275. The zero-order chi connectivity index (χ0) is 23.9. The number of ether oxygens (including phenoxy) is 1. The largest absolute Gasteiger partial charge is 0.465 e. The molecule has 4 rings (SSSR count). The first-order chi connectivity index (χ1) is 16.5. The van der Waals surface area contributed by atoms with Crippen molar-refractivity contribution in [3.8, 4) is 0 Å². The number of hydrogen-bond acceptors (Lipinski definition) is 3. The first-order valence-electron chi connectivity index (χ1n) is 10.9. The number of allylic oxidation sites excluding steroid dienone is 1. The highest BCUT2D eigenvalue weighted by molar-refractivity contribution is 5.92. The predicted molar refractivity (Wildman–Crippen MR) is 128 cm³/mol. The van der Waals surface area contributed by atoms with Crippen molar-refractivity contribution < 1.29 is 18.3 Å². The lowest BCUT2D eigenvalue weighted by molar-refractivity contribution is 0.0599. The highest BCUT2D eigenvalue weighted by Crippen LogP contribution is 2.24. The molecule has 0 aliphatic rings. The van der Waals surface area contributed by atoms with E-state index in [4.69, 9.17) is 4.74 Å². The molecule has 4 aromatic rings. The maximum absolute atomic E-state index is 13.5. The van der Waals surface area contributed by atoms with E-state index in [1.54, 1.807) is 36.8 Å². The van der Waals surface area contributed by atoms with Crippen LogP contribution in [0.2, 0.25) is 0 Å². The fourth-order valence-electron chi connectivity index (χ4n) is 3.79. The van der Waals surface area contributed by atoms with E-state index in [-0.39, 0.29) is 11.6 Å². The van der Waals surface area contributed by atoms with E-state index < -0.39 is 5.97 Å². The van der Waals surface area contributed by atoms with Gasteiger partial charge in [0.25, 0.3) is 0 Å². The molecule has 0 radical (unpaired) electrons. The van der Waals surface area contributed by atoms with Gasteiger partial charge in [-0.3, -0.25) is 0 Å². The molecule has 3 aromatic carbocycles. The van der Waals surface area contributed by atoms with Gasteiger partial charge in [-0.25, -0.2) is 18.6 Å². The monoisotopic (exact) mass is 458 g/mol. The van der Waals surface area contributed by atoms with Crippen molar-refractivity contribution in [2.75, 3.05) is 7.11 Å². The van der Waals surface area contributed by atoms with Gasteiger partial charge in [0.15, 0.2) is 0 Å². The lowest BCUT2D eigenvalue weighted by Crippen LogP contribution is -2.07. The molecule has 0 N–H and O–H groups in total. The van der Waals surface area contributed by atoms with Crippen LogP contribution in [-0.4, -0.2) is 22.6 Å². The molecule has 0 aliphatic heterocycles. The topological polar surface area (TPSA) is 44.1 Å². The average Bonchev–Trinajstić information content (AvgIpc) is 3.37. The van der Waals surface area contributed by atoms with Gasteiger partial charge in [-0.15, -0.1) is 0 Å². The van der Waals surface area contributed by atoms with E-state index in [9.17, 15) is 13.6 Å². The first-order valence-corrected chi connectivity index (χ1v) is 10.9. The maximum Gasteiger partial charge on any atom is 0.338 e. The maximum atomic E-state index is 13.5. The Labute approximate surface area is 197 Å². The van der Waals surface area contributed by atoms with Crippen LogP contribution < -0.4 is 0 Å². The van der Waals surface area contributed by atoms with Gasteiger partial charge in [-0.05, 0) is 77.1 Å². The Balaban J connectivity index is 1.66. The number of carbonyl (C=O) groups is 1. The molecule has 1 heterocycles. The van der Waals surface area contributed by atoms with E-state index in [0.29, 0.717) is 24.9 Å². The van der Waals surface area contributed by atoms with Crippen LogP contribution in [0.3, 0.4) is 0 Å². The van der Waals surface area contributed by atoms with Gasteiger partial charge in [0.1, 0.15) is 11.6 Å². The third-order valence-corrected chi connectivity index (χ3v) is 5.60. The summed E-state index contributed by atoms with van der Waals surface area (Å²) in [5.41, 5.74) is 4.96. The summed E-state index contributed by atoms with van der Waals surface area (Å²) in [5, 5.41) is 0. The number of esters is 1. The van der Waals surface area contributed by atoms with Gasteiger partial charge < -0.3 is 9.30 Å². The molecular weight excluding hydrogens is 434 g/mol. The van der Waals surface area contributed by atoms with Crippen molar-refractivity contribution in [1.29, 1.82) is 0 Å². The summed E-state index contributed by atoms with van der Waals surface area (Å²) >= 11 is 0. The molecule has 6 heteroatoms. The number of halogens is 2. The highest BCUT2D eigenvalue weighted by Gasteiger charge is 2.13. The summed E-state index contributed by atoms with van der Waals surface area (Å²) in [7, 11) is 1.36. The molecule has 0 unspecified atom stereocenters. The van der Waals surface area contributed by atoms with E-state index in [2.05, 4.69) is 4.98 Å². The smallest absolute Gasteiger partial charge is 0.338 e. The minimum atomic E-state index is -0.415. The highest BCUT2D eigenvalue weighted by atomic mass is 19.1. The van der Waals surface area contributed by atoms with Gasteiger partial charge in [0.2, 0.25) is 0 Å². The van der Waals surface area contributed by atoms with Crippen LogP contribution in [0, 0.1) is 11.6 Å². The minimum Gasteiger partial charge on any atom is -0.465 e. The van der Waals surface area contributed by atoms with Crippen molar-refractivity contribution in [1.82, 2.24) is 9.55 Å². The molecule has 0 saturated carbocycles. The third-order valence-electron chi connectivity index (χ3n) is 5.60. The van der Waals surface area contributed by atoms with Crippen molar-refractivity contribution in [2.45, 2.75) is 19.4 Å². The van der Waals surface area contributed by atoms with Crippen molar-refractivity contribution in [3.63, 3.8) is 0 Å². The van der Waals surface area contributed by atoms with E-state index >= 15 is 0 Å².